The maximum Gasteiger partial charge on any atom is 0.471 e. The number of aliphatic carboxylic acids is 1. The fourth-order valence-electron chi connectivity index (χ4n) is 4.99. The maximum atomic E-state index is 13.5. The van der Waals surface area contributed by atoms with Gasteiger partial charge in [0.1, 0.15) is 23.6 Å². The van der Waals surface area contributed by atoms with Crippen LogP contribution in [0.25, 0.3) is 0 Å². The van der Waals surface area contributed by atoms with Gasteiger partial charge in [0, 0.05) is 32.6 Å². The molecule has 2 aliphatic rings. The lowest BCUT2D eigenvalue weighted by molar-refractivity contribution is -0.170. The van der Waals surface area contributed by atoms with E-state index >= 15 is 0 Å². The number of alkyl halides is 3. The predicted molar refractivity (Wildman–Crippen MR) is 139 cm³/mol. The average molecular weight is 565 g/mol. The number of likely N-dealkylation sites (tertiary alicyclic amines) is 1. The molecular weight excluding hydrogens is 533 g/mol. The van der Waals surface area contributed by atoms with Gasteiger partial charge in [0.25, 0.3) is 0 Å². The highest BCUT2D eigenvalue weighted by molar-refractivity contribution is 6.03. The SMILES string of the molecule is CCN(CC)c1ncc2c(n1)N(C(Cc1ccc(OC(=O)N3CCCC3)cc1)C(=O)O)C(C)N2C(=O)C(F)(F)F. The summed E-state index contributed by atoms with van der Waals surface area (Å²) < 4.78 is 46.0. The Kier molecular flexibility index (Phi) is 8.35. The highest BCUT2D eigenvalue weighted by Crippen LogP contribution is 2.42. The lowest BCUT2D eigenvalue weighted by atomic mass is 10.0. The molecule has 11 nitrogen and oxygen atoms in total. The van der Waals surface area contributed by atoms with Crippen molar-refractivity contribution in [3.8, 4) is 5.75 Å². The van der Waals surface area contributed by atoms with Crippen molar-refractivity contribution in [3.05, 3.63) is 36.0 Å². The molecule has 40 heavy (non-hydrogen) atoms. The topological polar surface area (TPSA) is 119 Å². The summed E-state index contributed by atoms with van der Waals surface area (Å²) in [6.07, 6.45) is -4.15. The van der Waals surface area contributed by atoms with Gasteiger partial charge in [-0.2, -0.15) is 18.2 Å². The first-order valence-electron chi connectivity index (χ1n) is 13.0. The number of amides is 2. The number of anilines is 3. The van der Waals surface area contributed by atoms with Crippen LogP contribution < -0.4 is 19.4 Å². The second-order valence-electron chi connectivity index (χ2n) is 9.53. The van der Waals surface area contributed by atoms with Gasteiger partial charge in [-0.15, -0.1) is 0 Å². The molecule has 2 atom stereocenters. The van der Waals surface area contributed by atoms with Crippen molar-refractivity contribution in [2.75, 3.05) is 40.9 Å². The highest BCUT2D eigenvalue weighted by Gasteiger charge is 2.52. The second-order valence-corrected chi connectivity index (χ2v) is 9.53. The molecule has 1 aromatic heterocycles. The van der Waals surface area contributed by atoms with E-state index in [9.17, 15) is 32.7 Å². The van der Waals surface area contributed by atoms with Crippen molar-refractivity contribution in [1.29, 1.82) is 0 Å². The van der Waals surface area contributed by atoms with Gasteiger partial charge in [0.05, 0.1) is 6.20 Å². The Morgan fingerprint density at radius 3 is 2.30 bits per heavy atom. The summed E-state index contributed by atoms with van der Waals surface area (Å²) in [4.78, 5) is 50.8. The van der Waals surface area contributed by atoms with E-state index < -0.39 is 36.4 Å². The molecule has 216 valence electrons. The molecule has 4 rings (SSSR count). The third kappa shape index (κ3) is 5.75. The summed E-state index contributed by atoms with van der Waals surface area (Å²) in [6.45, 7) is 7.29. The molecule has 1 aromatic carbocycles. The van der Waals surface area contributed by atoms with E-state index in [-0.39, 0.29) is 29.6 Å². The summed E-state index contributed by atoms with van der Waals surface area (Å²) in [6, 6.07) is 4.86. The van der Waals surface area contributed by atoms with E-state index in [2.05, 4.69) is 9.97 Å². The van der Waals surface area contributed by atoms with Gasteiger partial charge in [-0.1, -0.05) is 12.1 Å². The van der Waals surface area contributed by atoms with E-state index in [0.29, 0.717) is 36.6 Å². The Morgan fingerprint density at radius 2 is 1.75 bits per heavy atom. The smallest absolute Gasteiger partial charge is 0.471 e. The molecule has 2 unspecified atom stereocenters. The molecule has 0 saturated carbocycles. The fraction of sp³-hybridized carbons (Fsp3) is 0.500. The molecule has 14 heteroatoms. The standard InChI is InChI=1S/C26H31F3N6O5/c1-4-32(5-2)24-30-15-20-21(31-24)34(16(3)35(20)23(38)26(27,28)29)19(22(36)37)14-17-8-10-18(11-9-17)40-25(39)33-12-6-7-13-33/h8-11,15-16,19H,4-7,12-14H2,1-3H3,(H,36,37). The number of nitrogens with zero attached hydrogens (tertiary/aromatic N) is 6. The van der Waals surface area contributed by atoms with Gasteiger partial charge in [-0.25, -0.2) is 14.6 Å². The van der Waals surface area contributed by atoms with Crippen LogP contribution in [0, 0.1) is 0 Å². The third-order valence-corrected chi connectivity index (χ3v) is 7.07. The number of hydrogen-bond donors (Lipinski definition) is 1. The van der Waals surface area contributed by atoms with Gasteiger partial charge in [-0.05, 0) is 51.3 Å². The largest absolute Gasteiger partial charge is 0.480 e. The zero-order valence-electron chi connectivity index (χ0n) is 22.4. The molecule has 1 fully saturated rings. The first kappa shape index (κ1) is 28.9. The van der Waals surface area contributed by atoms with Crippen molar-refractivity contribution in [2.45, 2.75) is 58.4 Å². The number of benzene rings is 1. The van der Waals surface area contributed by atoms with Gasteiger partial charge in [0.2, 0.25) is 5.95 Å². The van der Waals surface area contributed by atoms with Gasteiger partial charge >= 0.3 is 24.1 Å². The van der Waals surface area contributed by atoms with E-state index in [1.807, 2.05) is 13.8 Å². The van der Waals surface area contributed by atoms with Crippen molar-refractivity contribution in [3.63, 3.8) is 0 Å². The van der Waals surface area contributed by atoms with Crippen LogP contribution in [-0.2, 0) is 16.0 Å². The van der Waals surface area contributed by atoms with Crippen molar-refractivity contribution < 1.29 is 37.4 Å². The summed E-state index contributed by atoms with van der Waals surface area (Å²) >= 11 is 0. The number of aromatic nitrogens is 2. The summed E-state index contributed by atoms with van der Waals surface area (Å²) in [7, 11) is 0. The molecule has 0 spiro atoms. The molecule has 1 saturated heterocycles. The fourth-order valence-corrected chi connectivity index (χ4v) is 4.99. The minimum atomic E-state index is -5.19. The number of carboxylic acids is 1. The number of halogens is 3. The Morgan fingerprint density at radius 1 is 1.12 bits per heavy atom. The minimum absolute atomic E-state index is 0.0782. The molecule has 2 aromatic rings. The quantitative estimate of drug-likeness (QED) is 0.512. The molecule has 3 heterocycles. The molecule has 1 N–H and O–H groups in total. The third-order valence-electron chi connectivity index (χ3n) is 7.07. The van der Waals surface area contributed by atoms with Crippen molar-refractivity contribution in [1.82, 2.24) is 14.9 Å². The molecule has 0 radical (unpaired) electrons. The number of rotatable bonds is 8. The van der Waals surface area contributed by atoms with Gasteiger partial charge < -0.3 is 24.5 Å². The summed E-state index contributed by atoms with van der Waals surface area (Å²) in [5, 5.41) is 10.2. The van der Waals surface area contributed by atoms with Crippen LogP contribution in [0.2, 0.25) is 0 Å². The Bertz CT molecular complexity index is 1250. The van der Waals surface area contributed by atoms with Crippen LogP contribution in [0.1, 0.15) is 39.2 Å². The minimum Gasteiger partial charge on any atom is -0.480 e. The van der Waals surface area contributed by atoms with Crippen LogP contribution in [0.3, 0.4) is 0 Å². The number of carbonyl (C=O) groups excluding carboxylic acids is 2. The first-order valence-corrected chi connectivity index (χ1v) is 13.0. The normalized spacial score (nSPS) is 17.6. The lowest BCUT2D eigenvalue weighted by Gasteiger charge is -2.33. The maximum absolute atomic E-state index is 13.5. The second kappa shape index (κ2) is 11.6. The van der Waals surface area contributed by atoms with Crippen molar-refractivity contribution in [2.24, 2.45) is 0 Å². The monoisotopic (exact) mass is 564 g/mol. The van der Waals surface area contributed by atoms with E-state index in [0.717, 1.165) is 19.0 Å². The molecule has 0 bridgehead atoms. The summed E-state index contributed by atoms with van der Waals surface area (Å²) in [5.74, 6) is -3.05. The molecule has 2 aliphatic heterocycles. The number of carbonyl (C=O) groups is 3. The van der Waals surface area contributed by atoms with E-state index in [1.54, 1.807) is 21.9 Å². The molecule has 2 amide bonds. The van der Waals surface area contributed by atoms with Crippen LogP contribution in [0.5, 0.6) is 5.75 Å². The van der Waals surface area contributed by atoms with Crippen LogP contribution in [-0.4, -0.2) is 82.5 Å². The van der Waals surface area contributed by atoms with Crippen LogP contribution in [0.15, 0.2) is 30.5 Å². The molecular formula is C26H31F3N6O5. The van der Waals surface area contributed by atoms with E-state index in [4.69, 9.17) is 4.74 Å². The predicted octanol–water partition coefficient (Wildman–Crippen LogP) is 3.67. The lowest BCUT2D eigenvalue weighted by Crippen LogP contribution is -2.54. The van der Waals surface area contributed by atoms with Crippen molar-refractivity contribution >= 4 is 35.4 Å². The van der Waals surface area contributed by atoms with Gasteiger partial charge in [-0.3, -0.25) is 9.69 Å². The highest BCUT2D eigenvalue weighted by atomic mass is 19.4. The van der Waals surface area contributed by atoms with Crippen LogP contribution >= 0.6 is 0 Å². The zero-order chi connectivity index (χ0) is 29.2. The number of fused-ring (bicyclic) bond motifs is 1. The number of carboxylic acid groups (broad SMARTS) is 1. The Hall–Kier alpha value is -4.10. The van der Waals surface area contributed by atoms with Crippen LogP contribution in [0.4, 0.5) is 35.4 Å². The van der Waals surface area contributed by atoms with Gasteiger partial charge in [0.15, 0.2) is 5.82 Å². The Balaban J connectivity index is 1.64. The Labute approximate surface area is 229 Å². The number of hydrogen-bond acceptors (Lipinski definition) is 8. The summed E-state index contributed by atoms with van der Waals surface area (Å²) in [5.41, 5.74) is 0.307. The van der Waals surface area contributed by atoms with E-state index in [1.165, 1.54) is 24.0 Å². The molecule has 0 aliphatic carbocycles. The zero-order valence-corrected chi connectivity index (χ0v) is 22.4. The average Bonchev–Trinajstić information content (AvgIpc) is 3.54. The first-order chi connectivity index (χ1) is 19.0. The number of ether oxygens (including phenoxy) is 1.